The van der Waals surface area contributed by atoms with E-state index in [-0.39, 0.29) is 48.0 Å². The molecule has 12 heteroatoms. The summed E-state index contributed by atoms with van der Waals surface area (Å²) >= 11 is 0.873. The quantitative estimate of drug-likeness (QED) is 0.231. The number of amides is 1. The van der Waals surface area contributed by atoms with Gasteiger partial charge in [-0.15, -0.1) is 35.3 Å². The molecule has 3 N–H and O–H groups in total. The van der Waals surface area contributed by atoms with Crippen molar-refractivity contribution in [3.8, 4) is 0 Å². The van der Waals surface area contributed by atoms with Gasteiger partial charge >= 0.3 is 6.18 Å². The van der Waals surface area contributed by atoms with Gasteiger partial charge in [0.15, 0.2) is 11.7 Å². The largest absolute Gasteiger partial charge is 0.434 e. The maximum absolute atomic E-state index is 13.1. The highest BCUT2D eigenvalue weighted by Crippen LogP contribution is 2.29. The number of rotatable bonds is 6. The van der Waals surface area contributed by atoms with Crippen LogP contribution in [0.25, 0.3) is 0 Å². The highest BCUT2D eigenvalue weighted by Gasteiger charge is 2.33. The summed E-state index contributed by atoms with van der Waals surface area (Å²) in [5.41, 5.74) is -0.642. The number of benzene rings is 1. The van der Waals surface area contributed by atoms with Crippen molar-refractivity contribution in [3.05, 3.63) is 46.2 Å². The first-order valence-corrected chi connectivity index (χ1v) is 8.75. The summed E-state index contributed by atoms with van der Waals surface area (Å²) in [7, 11) is 0. The number of carbonyl (C=O) groups is 1. The van der Waals surface area contributed by atoms with Gasteiger partial charge in [-0.3, -0.25) is 4.79 Å². The maximum atomic E-state index is 13.1. The van der Waals surface area contributed by atoms with Crippen molar-refractivity contribution in [3.63, 3.8) is 0 Å². The normalized spacial score (nSPS) is 11.5. The Morgan fingerprint density at radius 2 is 2.04 bits per heavy atom. The van der Waals surface area contributed by atoms with Gasteiger partial charge in [-0.2, -0.15) is 13.2 Å². The summed E-state index contributed by atoms with van der Waals surface area (Å²) in [4.78, 5) is 19.4. The molecular weight excluding hydrogens is 513 g/mol. The topological polar surface area (TPSA) is 78.4 Å². The first-order valence-electron chi connectivity index (χ1n) is 7.87. The number of nitrogens with zero attached hydrogens (tertiary/aromatic N) is 2. The van der Waals surface area contributed by atoms with E-state index >= 15 is 0 Å². The number of hydrogen-bond donors (Lipinski definition) is 3. The van der Waals surface area contributed by atoms with Gasteiger partial charge in [0.1, 0.15) is 17.4 Å². The zero-order valence-electron chi connectivity index (χ0n) is 14.6. The Hall–Kier alpha value is -1.96. The minimum absolute atomic E-state index is 0. The fourth-order valence-corrected chi connectivity index (χ4v) is 2.68. The number of thiazole rings is 1. The molecule has 1 aromatic heterocycles. The monoisotopic (exact) mass is 531 g/mol. The van der Waals surface area contributed by atoms with Crippen molar-refractivity contribution in [2.24, 2.45) is 4.99 Å². The van der Waals surface area contributed by atoms with Crippen LogP contribution in [0.2, 0.25) is 0 Å². The number of halogens is 5. The third-order valence-electron chi connectivity index (χ3n) is 3.08. The van der Waals surface area contributed by atoms with Crippen molar-refractivity contribution in [2.75, 3.05) is 18.4 Å². The van der Waals surface area contributed by atoms with E-state index in [1.54, 1.807) is 6.92 Å². The van der Waals surface area contributed by atoms with Crippen LogP contribution < -0.4 is 16.0 Å². The van der Waals surface area contributed by atoms with Crippen LogP contribution in [-0.2, 0) is 17.5 Å². The summed E-state index contributed by atoms with van der Waals surface area (Å²) in [5, 5.41) is 9.35. The first kappa shape index (κ1) is 24.1. The van der Waals surface area contributed by atoms with E-state index in [4.69, 9.17) is 0 Å². The average molecular weight is 531 g/mol. The number of aromatic nitrogens is 1. The number of carbonyl (C=O) groups excluding carboxylic acids is 1. The molecule has 0 saturated carbocycles. The summed E-state index contributed by atoms with van der Waals surface area (Å²) in [6.45, 7) is 2.06. The molecule has 0 spiro atoms. The Labute approximate surface area is 179 Å². The Bertz CT molecular complexity index is 812. The summed E-state index contributed by atoms with van der Waals surface area (Å²) in [5.74, 6) is -0.699. The molecule has 0 atom stereocenters. The molecule has 0 aliphatic heterocycles. The smallest absolute Gasteiger partial charge is 0.357 e. The molecule has 0 radical (unpaired) electrons. The van der Waals surface area contributed by atoms with E-state index in [1.165, 1.54) is 24.3 Å². The lowest BCUT2D eigenvalue weighted by atomic mass is 10.3. The van der Waals surface area contributed by atoms with Gasteiger partial charge in [-0.05, 0) is 25.1 Å². The zero-order chi connectivity index (χ0) is 19.9. The van der Waals surface area contributed by atoms with Gasteiger partial charge in [-0.25, -0.2) is 14.4 Å². The number of aliphatic imine (C=N–C) groups is 1. The van der Waals surface area contributed by atoms with Crippen molar-refractivity contribution in [1.29, 1.82) is 0 Å². The average Bonchev–Trinajstić information content (AvgIpc) is 3.07. The third-order valence-corrected chi connectivity index (χ3v) is 3.93. The SMILES string of the molecule is CCNC(=NCC(=O)Nc1cccc(F)c1)NCc1nc(C(F)(F)F)cs1.I. The van der Waals surface area contributed by atoms with Crippen molar-refractivity contribution in [2.45, 2.75) is 19.6 Å². The number of nitrogens with one attached hydrogen (secondary N) is 3. The van der Waals surface area contributed by atoms with Crippen LogP contribution in [0.15, 0.2) is 34.6 Å². The Morgan fingerprint density at radius 1 is 1.29 bits per heavy atom. The van der Waals surface area contributed by atoms with Crippen molar-refractivity contribution >= 4 is 52.9 Å². The predicted octanol–water partition coefficient (Wildman–Crippen LogP) is 3.61. The van der Waals surface area contributed by atoms with Crippen LogP contribution in [0.5, 0.6) is 0 Å². The molecule has 28 heavy (non-hydrogen) atoms. The molecule has 1 amide bonds. The molecule has 0 aliphatic carbocycles. The van der Waals surface area contributed by atoms with Gasteiger partial charge in [0.2, 0.25) is 5.91 Å². The van der Waals surface area contributed by atoms with Gasteiger partial charge in [0.25, 0.3) is 0 Å². The van der Waals surface area contributed by atoms with Crippen LogP contribution in [0.1, 0.15) is 17.6 Å². The highest BCUT2D eigenvalue weighted by molar-refractivity contribution is 14.0. The fourth-order valence-electron chi connectivity index (χ4n) is 1.94. The van der Waals surface area contributed by atoms with Crippen LogP contribution in [-0.4, -0.2) is 29.9 Å². The van der Waals surface area contributed by atoms with E-state index < -0.39 is 23.6 Å². The molecule has 0 bridgehead atoms. The van der Waals surface area contributed by atoms with E-state index in [1.807, 2.05) is 0 Å². The van der Waals surface area contributed by atoms with Gasteiger partial charge in [0, 0.05) is 17.6 Å². The molecule has 0 aliphatic rings. The molecule has 2 rings (SSSR count). The number of anilines is 1. The summed E-state index contributed by atoms with van der Waals surface area (Å²) in [6, 6.07) is 5.42. The van der Waals surface area contributed by atoms with Crippen molar-refractivity contribution in [1.82, 2.24) is 15.6 Å². The Kier molecular flexibility index (Phi) is 9.58. The Morgan fingerprint density at radius 3 is 2.64 bits per heavy atom. The summed E-state index contributed by atoms with van der Waals surface area (Å²) < 4.78 is 50.8. The van der Waals surface area contributed by atoms with Crippen LogP contribution in [0.4, 0.5) is 23.2 Å². The standard InChI is InChI=1S/C16H17F4N5OS.HI/c1-2-21-15(23-8-14-25-12(9-27-14)16(18,19)20)22-7-13(26)24-11-5-3-4-10(17)6-11;/h3-6,9H,2,7-8H2,1H3,(H,24,26)(H2,21,22,23);1H. The molecule has 1 aromatic carbocycles. The lowest BCUT2D eigenvalue weighted by molar-refractivity contribution is -0.140. The molecule has 0 unspecified atom stereocenters. The van der Waals surface area contributed by atoms with Crippen molar-refractivity contribution < 1.29 is 22.4 Å². The summed E-state index contributed by atoms with van der Waals surface area (Å²) in [6.07, 6.45) is -4.48. The lowest BCUT2D eigenvalue weighted by Crippen LogP contribution is -2.37. The third kappa shape index (κ3) is 7.96. The van der Waals surface area contributed by atoms with E-state index in [2.05, 4.69) is 25.9 Å². The minimum atomic E-state index is -4.48. The highest BCUT2D eigenvalue weighted by atomic mass is 127. The molecule has 154 valence electrons. The van der Waals surface area contributed by atoms with Gasteiger partial charge < -0.3 is 16.0 Å². The van der Waals surface area contributed by atoms with E-state index in [9.17, 15) is 22.4 Å². The molecular formula is C16H18F4IN5OS. The predicted molar refractivity (Wildman–Crippen MR) is 110 cm³/mol. The molecule has 0 fully saturated rings. The second-order valence-corrected chi connectivity index (χ2v) is 6.17. The zero-order valence-corrected chi connectivity index (χ0v) is 17.8. The molecule has 2 aromatic rings. The second-order valence-electron chi connectivity index (χ2n) is 5.23. The number of guanidine groups is 1. The number of hydrogen-bond acceptors (Lipinski definition) is 4. The fraction of sp³-hybridized carbons (Fsp3) is 0.312. The molecule has 1 heterocycles. The van der Waals surface area contributed by atoms with Gasteiger partial charge in [0.05, 0.1) is 6.54 Å². The second kappa shape index (κ2) is 11.1. The van der Waals surface area contributed by atoms with Crippen LogP contribution in [0.3, 0.4) is 0 Å². The van der Waals surface area contributed by atoms with E-state index in [0.29, 0.717) is 12.2 Å². The van der Waals surface area contributed by atoms with Crippen LogP contribution in [0, 0.1) is 5.82 Å². The maximum Gasteiger partial charge on any atom is 0.434 e. The van der Waals surface area contributed by atoms with Crippen LogP contribution >= 0.6 is 35.3 Å². The molecule has 0 saturated heterocycles. The number of alkyl halides is 3. The minimum Gasteiger partial charge on any atom is -0.357 e. The lowest BCUT2D eigenvalue weighted by Gasteiger charge is -2.10. The molecule has 6 nitrogen and oxygen atoms in total. The Balaban J connectivity index is 0.00000392. The first-order chi connectivity index (χ1) is 12.8. The van der Waals surface area contributed by atoms with E-state index in [0.717, 1.165) is 16.7 Å². The van der Waals surface area contributed by atoms with Gasteiger partial charge in [-0.1, -0.05) is 6.07 Å².